The predicted octanol–water partition coefficient (Wildman–Crippen LogP) is 5.28. The van der Waals surface area contributed by atoms with E-state index >= 15 is 0 Å². The van der Waals surface area contributed by atoms with Crippen LogP contribution in [0, 0.1) is 0 Å². The fourth-order valence-electron chi connectivity index (χ4n) is 3.26. The van der Waals surface area contributed by atoms with Crippen LogP contribution in [0.5, 0.6) is 5.75 Å². The highest BCUT2D eigenvalue weighted by Crippen LogP contribution is 2.26. The minimum absolute atomic E-state index is 0.0491. The Bertz CT molecular complexity index is 763. The van der Waals surface area contributed by atoms with Gasteiger partial charge in [0.05, 0.1) is 0 Å². The molecule has 5 heteroatoms. The molecule has 1 unspecified atom stereocenters. The number of ether oxygens (including phenoxy) is 1. The zero-order valence-corrected chi connectivity index (χ0v) is 17.2. The van der Waals surface area contributed by atoms with Gasteiger partial charge in [-0.15, -0.1) is 11.8 Å². The van der Waals surface area contributed by atoms with Crippen molar-refractivity contribution in [2.24, 2.45) is 0 Å². The number of hydrogen-bond acceptors (Lipinski definition) is 3. The molecule has 0 heterocycles. The SMILES string of the molecule is CCC(Oc1ccc2c(c1)CCCC2)C(=O)NCCSc1ccc(Cl)cc1. The van der Waals surface area contributed by atoms with E-state index in [-0.39, 0.29) is 5.91 Å². The Morgan fingerprint density at radius 3 is 2.63 bits per heavy atom. The van der Waals surface area contributed by atoms with Crippen molar-refractivity contribution in [2.45, 2.75) is 50.0 Å². The Morgan fingerprint density at radius 2 is 1.89 bits per heavy atom. The van der Waals surface area contributed by atoms with Gasteiger partial charge >= 0.3 is 0 Å². The van der Waals surface area contributed by atoms with Gasteiger partial charge in [0.2, 0.25) is 0 Å². The van der Waals surface area contributed by atoms with Gasteiger partial charge in [-0.3, -0.25) is 4.79 Å². The lowest BCUT2D eigenvalue weighted by Gasteiger charge is -2.20. The second kappa shape index (κ2) is 10.0. The number of benzene rings is 2. The highest BCUT2D eigenvalue weighted by Gasteiger charge is 2.19. The normalized spacial score (nSPS) is 14.3. The summed E-state index contributed by atoms with van der Waals surface area (Å²) in [6.07, 6.45) is 4.95. The number of nitrogens with one attached hydrogen (secondary N) is 1. The molecule has 2 aromatic rings. The van der Waals surface area contributed by atoms with Crippen LogP contribution in [-0.4, -0.2) is 24.3 Å². The van der Waals surface area contributed by atoms with Gasteiger partial charge in [-0.2, -0.15) is 0 Å². The number of thioether (sulfide) groups is 1. The molecule has 27 heavy (non-hydrogen) atoms. The molecule has 0 saturated heterocycles. The lowest BCUT2D eigenvalue weighted by Crippen LogP contribution is -2.39. The Labute approximate surface area is 170 Å². The molecule has 1 aliphatic carbocycles. The van der Waals surface area contributed by atoms with Gasteiger partial charge in [-0.05, 0) is 79.6 Å². The quantitative estimate of drug-likeness (QED) is 0.481. The summed E-state index contributed by atoms with van der Waals surface area (Å²) in [7, 11) is 0. The largest absolute Gasteiger partial charge is 0.481 e. The first-order valence-electron chi connectivity index (χ1n) is 9.60. The summed E-state index contributed by atoms with van der Waals surface area (Å²) in [5.74, 6) is 1.56. The van der Waals surface area contributed by atoms with Crippen molar-refractivity contribution in [3.8, 4) is 5.75 Å². The molecule has 3 nitrogen and oxygen atoms in total. The highest BCUT2D eigenvalue weighted by molar-refractivity contribution is 7.99. The van der Waals surface area contributed by atoms with Crippen molar-refractivity contribution in [1.82, 2.24) is 5.32 Å². The van der Waals surface area contributed by atoms with Crippen LogP contribution < -0.4 is 10.1 Å². The third-order valence-electron chi connectivity index (χ3n) is 4.75. The first-order valence-corrected chi connectivity index (χ1v) is 11.0. The maximum absolute atomic E-state index is 12.5. The van der Waals surface area contributed by atoms with Gasteiger partial charge in [-0.1, -0.05) is 24.6 Å². The van der Waals surface area contributed by atoms with E-state index in [2.05, 4.69) is 17.4 Å². The van der Waals surface area contributed by atoms with Gasteiger partial charge in [0.25, 0.3) is 5.91 Å². The zero-order chi connectivity index (χ0) is 19.1. The number of fused-ring (bicyclic) bond motifs is 1. The molecule has 0 radical (unpaired) electrons. The van der Waals surface area contributed by atoms with Crippen LogP contribution in [0.1, 0.15) is 37.3 Å². The second-order valence-corrected chi connectivity index (χ2v) is 8.35. The third-order valence-corrected chi connectivity index (χ3v) is 6.01. The van der Waals surface area contributed by atoms with Crippen LogP contribution in [0.2, 0.25) is 5.02 Å². The van der Waals surface area contributed by atoms with E-state index in [9.17, 15) is 4.79 Å². The van der Waals surface area contributed by atoms with Crippen LogP contribution in [0.3, 0.4) is 0 Å². The Morgan fingerprint density at radius 1 is 1.15 bits per heavy atom. The average molecular weight is 404 g/mol. The second-order valence-electron chi connectivity index (χ2n) is 6.75. The van der Waals surface area contributed by atoms with E-state index in [0.717, 1.165) is 34.3 Å². The molecule has 0 saturated carbocycles. The minimum atomic E-state index is -0.452. The predicted molar refractivity (Wildman–Crippen MR) is 113 cm³/mol. The Hall–Kier alpha value is -1.65. The number of hydrogen-bond donors (Lipinski definition) is 1. The number of carbonyl (C=O) groups excluding carboxylic acids is 1. The Balaban J connectivity index is 1.46. The van der Waals surface area contributed by atoms with Gasteiger partial charge in [0.1, 0.15) is 5.75 Å². The smallest absolute Gasteiger partial charge is 0.261 e. The highest BCUT2D eigenvalue weighted by atomic mass is 35.5. The zero-order valence-electron chi connectivity index (χ0n) is 15.7. The number of halogens is 1. The van der Waals surface area contributed by atoms with Crippen LogP contribution in [0.4, 0.5) is 0 Å². The maximum Gasteiger partial charge on any atom is 0.261 e. The van der Waals surface area contributed by atoms with E-state index in [4.69, 9.17) is 16.3 Å². The molecule has 0 aromatic heterocycles. The standard InChI is InChI=1S/C22H26ClNO2S/c1-2-21(26-19-10-7-16-5-3-4-6-17(16)15-19)22(25)24-13-14-27-20-11-8-18(23)9-12-20/h7-12,15,21H,2-6,13-14H2,1H3,(H,24,25). The van der Waals surface area contributed by atoms with Crippen LogP contribution in [0.25, 0.3) is 0 Å². The number of aryl methyl sites for hydroxylation is 2. The topological polar surface area (TPSA) is 38.3 Å². The summed E-state index contributed by atoms with van der Waals surface area (Å²) in [6, 6.07) is 14.0. The van der Waals surface area contributed by atoms with E-state index < -0.39 is 6.10 Å². The number of rotatable bonds is 8. The molecule has 0 spiro atoms. The van der Waals surface area contributed by atoms with Gasteiger partial charge < -0.3 is 10.1 Å². The van der Waals surface area contributed by atoms with Gasteiger partial charge in [0, 0.05) is 22.2 Å². The first kappa shape index (κ1) is 20.1. The summed E-state index contributed by atoms with van der Waals surface area (Å²) in [5.41, 5.74) is 2.79. The van der Waals surface area contributed by atoms with E-state index in [1.54, 1.807) is 11.8 Å². The first-order chi connectivity index (χ1) is 13.2. The molecule has 3 rings (SSSR count). The average Bonchev–Trinajstić information content (AvgIpc) is 2.70. The lowest BCUT2D eigenvalue weighted by atomic mass is 9.92. The summed E-state index contributed by atoms with van der Waals surface area (Å²) in [4.78, 5) is 13.6. The van der Waals surface area contributed by atoms with E-state index in [1.807, 2.05) is 37.3 Å². The van der Waals surface area contributed by atoms with Crippen molar-refractivity contribution < 1.29 is 9.53 Å². The summed E-state index contributed by atoms with van der Waals surface area (Å²) >= 11 is 7.59. The summed E-state index contributed by atoms with van der Waals surface area (Å²) < 4.78 is 5.99. The molecule has 1 amide bonds. The van der Waals surface area contributed by atoms with E-state index in [1.165, 1.54) is 24.0 Å². The van der Waals surface area contributed by atoms with Crippen molar-refractivity contribution in [2.75, 3.05) is 12.3 Å². The van der Waals surface area contributed by atoms with Crippen LogP contribution >= 0.6 is 23.4 Å². The van der Waals surface area contributed by atoms with Gasteiger partial charge in [-0.25, -0.2) is 0 Å². The number of carbonyl (C=O) groups is 1. The molecule has 1 aliphatic rings. The van der Waals surface area contributed by atoms with Crippen molar-refractivity contribution in [1.29, 1.82) is 0 Å². The Kier molecular flexibility index (Phi) is 7.48. The fraction of sp³-hybridized carbons (Fsp3) is 0.409. The van der Waals surface area contributed by atoms with Crippen molar-refractivity contribution in [3.05, 3.63) is 58.6 Å². The maximum atomic E-state index is 12.5. The molecule has 0 fully saturated rings. The van der Waals surface area contributed by atoms with Crippen molar-refractivity contribution in [3.63, 3.8) is 0 Å². The monoisotopic (exact) mass is 403 g/mol. The van der Waals surface area contributed by atoms with Gasteiger partial charge in [0.15, 0.2) is 6.10 Å². The number of amides is 1. The molecule has 144 valence electrons. The van der Waals surface area contributed by atoms with Crippen molar-refractivity contribution >= 4 is 29.3 Å². The molecule has 1 atom stereocenters. The summed E-state index contributed by atoms with van der Waals surface area (Å²) in [6.45, 7) is 2.58. The minimum Gasteiger partial charge on any atom is -0.481 e. The molecule has 1 N–H and O–H groups in total. The molecular weight excluding hydrogens is 378 g/mol. The molecular formula is C22H26ClNO2S. The molecule has 0 aliphatic heterocycles. The third kappa shape index (κ3) is 5.91. The fourth-order valence-corrected chi connectivity index (χ4v) is 4.15. The summed E-state index contributed by atoms with van der Waals surface area (Å²) in [5, 5.41) is 3.72. The van der Waals surface area contributed by atoms with Crippen LogP contribution in [0.15, 0.2) is 47.4 Å². The molecule has 0 bridgehead atoms. The molecule has 2 aromatic carbocycles. The van der Waals surface area contributed by atoms with E-state index in [0.29, 0.717) is 13.0 Å². The van der Waals surface area contributed by atoms with Crippen LogP contribution in [-0.2, 0) is 17.6 Å². The lowest BCUT2D eigenvalue weighted by molar-refractivity contribution is -0.127.